The largest absolute Gasteiger partial charge is 0.416 e. The van der Waals surface area contributed by atoms with E-state index in [1.807, 2.05) is 6.92 Å². The van der Waals surface area contributed by atoms with Gasteiger partial charge < -0.3 is 15.7 Å². The Hall–Kier alpha value is -1.76. The Bertz CT molecular complexity index is 461. The molecule has 4 nitrogen and oxygen atoms in total. The molecule has 0 aliphatic carbocycles. The van der Waals surface area contributed by atoms with E-state index in [0.29, 0.717) is 12.0 Å². The predicted molar refractivity (Wildman–Crippen MR) is 77.2 cm³/mol. The molecule has 1 aromatic carbocycles. The van der Waals surface area contributed by atoms with Crippen LogP contribution in [0, 0.1) is 0 Å². The summed E-state index contributed by atoms with van der Waals surface area (Å²) in [6.07, 6.45) is -1.83. The molecule has 0 fully saturated rings. The molecule has 0 radical (unpaired) electrons. The van der Waals surface area contributed by atoms with Crippen molar-refractivity contribution in [1.82, 2.24) is 10.6 Å². The molecule has 7 heteroatoms. The maximum Gasteiger partial charge on any atom is 0.416 e. The molecule has 0 heterocycles. The number of urea groups is 1. The number of rotatable bonds is 7. The van der Waals surface area contributed by atoms with Gasteiger partial charge in [0.1, 0.15) is 0 Å². The monoisotopic (exact) mass is 318 g/mol. The van der Waals surface area contributed by atoms with Crippen molar-refractivity contribution in [2.75, 3.05) is 6.61 Å². The second kappa shape index (κ2) is 8.63. The highest BCUT2D eigenvalue weighted by Gasteiger charge is 2.29. The van der Waals surface area contributed by atoms with Crippen LogP contribution < -0.4 is 10.6 Å². The molecule has 0 aromatic heterocycles. The summed E-state index contributed by atoms with van der Waals surface area (Å²) in [5.41, 5.74) is -0.155. The maximum absolute atomic E-state index is 12.4. The fourth-order valence-corrected chi connectivity index (χ4v) is 1.89. The molecule has 0 saturated heterocycles. The number of nitrogens with one attached hydrogen (secondary N) is 2. The molecule has 124 valence electrons. The lowest BCUT2D eigenvalue weighted by atomic mass is 10.1. The summed E-state index contributed by atoms with van der Waals surface area (Å²) in [6.45, 7) is 1.99. The number of unbranched alkanes of at least 4 members (excludes halogenated alkanes) is 1. The molecule has 0 bridgehead atoms. The Kier molecular flexibility index (Phi) is 7.17. The second-order valence-corrected chi connectivity index (χ2v) is 5.04. The van der Waals surface area contributed by atoms with Gasteiger partial charge in [-0.25, -0.2) is 4.79 Å². The van der Waals surface area contributed by atoms with Gasteiger partial charge >= 0.3 is 12.2 Å². The zero-order valence-corrected chi connectivity index (χ0v) is 12.4. The van der Waals surface area contributed by atoms with E-state index in [0.717, 1.165) is 25.0 Å². The highest BCUT2D eigenvalue weighted by molar-refractivity contribution is 5.74. The fourth-order valence-electron chi connectivity index (χ4n) is 1.89. The fraction of sp³-hybridized carbons (Fsp3) is 0.533. The predicted octanol–water partition coefficient (Wildman–Crippen LogP) is 3.06. The molecule has 0 aliphatic rings. The van der Waals surface area contributed by atoms with Crippen molar-refractivity contribution in [1.29, 1.82) is 0 Å². The van der Waals surface area contributed by atoms with Crippen molar-refractivity contribution in [2.45, 2.75) is 44.9 Å². The molecule has 0 spiro atoms. The molecule has 0 saturated carbocycles. The number of hydrogen-bond acceptors (Lipinski definition) is 2. The summed E-state index contributed by atoms with van der Waals surface area (Å²) in [7, 11) is 0. The van der Waals surface area contributed by atoms with Crippen molar-refractivity contribution < 1.29 is 23.1 Å². The minimum atomic E-state index is -4.36. The van der Waals surface area contributed by atoms with Crippen LogP contribution in [0.2, 0.25) is 0 Å². The molecule has 1 rings (SSSR count). The molecular weight excluding hydrogens is 297 g/mol. The van der Waals surface area contributed by atoms with Gasteiger partial charge in [0.05, 0.1) is 18.2 Å². The smallest absolute Gasteiger partial charge is 0.394 e. The summed E-state index contributed by atoms with van der Waals surface area (Å²) in [5.74, 6) is 0. The SMILES string of the molecule is CCCC[C@@H](CO)NC(=O)NCc1ccc(C(F)(F)F)cc1. The topological polar surface area (TPSA) is 61.4 Å². The van der Waals surface area contributed by atoms with Crippen molar-refractivity contribution in [3.8, 4) is 0 Å². The van der Waals surface area contributed by atoms with Gasteiger partial charge in [0.25, 0.3) is 0 Å². The number of aliphatic hydroxyl groups is 1. The number of carbonyl (C=O) groups is 1. The van der Waals surface area contributed by atoms with E-state index >= 15 is 0 Å². The zero-order valence-electron chi connectivity index (χ0n) is 12.4. The number of hydrogen-bond donors (Lipinski definition) is 3. The standard InChI is InChI=1S/C15H21F3N2O2/c1-2-3-4-13(10-21)20-14(22)19-9-11-5-7-12(8-6-11)15(16,17)18/h5-8,13,21H,2-4,9-10H2,1H3,(H2,19,20,22)/t13-/m0/s1. The molecule has 0 unspecified atom stereocenters. The van der Waals surface area contributed by atoms with Crippen LogP contribution in [0.15, 0.2) is 24.3 Å². The van der Waals surface area contributed by atoms with Crippen LogP contribution in [0.5, 0.6) is 0 Å². The number of amides is 2. The van der Waals surface area contributed by atoms with E-state index in [1.54, 1.807) is 0 Å². The maximum atomic E-state index is 12.4. The Balaban J connectivity index is 2.43. The van der Waals surface area contributed by atoms with Crippen LogP contribution in [-0.2, 0) is 12.7 Å². The number of alkyl halides is 3. The lowest BCUT2D eigenvalue weighted by Gasteiger charge is -2.16. The van der Waals surface area contributed by atoms with Crippen LogP contribution >= 0.6 is 0 Å². The van der Waals surface area contributed by atoms with Crippen molar-refractivity contribution in [2.24, 2.45) is 0 Å². The van der Waals surface area contributed by atoms with Crippen LogP contribution in [0.25, 0.3) is 0 Å². The van der Waals surface area contributed by atoms with E-state index < -0.39 is 17.8 Å². The Morgan fingerprint density at radius 1 is 1.27 bits per heavy atom. The van der Waals surface area contributed by atoms with E-state index in [4.69, 9.17) is 5.11 Å². The minimum Gasteiger partial charge on any atom is -0.394 e. The first-order valence-electron chi connectivity index (χ1n) is 7.18. The van der Waals surface area contributed by atoms with Crippen LogP contribution in [0.4, 0.5) is 18.0 Å². The van der Waals surface area contributed by atoms with E-state index in [2.05, 4.69) is 10.6 Å². The lowest BCUT2D eigenvalue weighted by molar-refractivity contribution is -0.137. The van der Waals surface area contributed by atoms with Gasteiger partial charge in [0.15, 0.2) is 0 Å². The molecule has 1 aromatic rings. The lowest BCUT2D eigenvalue weighted by Crippen LogP contribution is -2.43. The molecule has 0 aliphatic heterocycles. The van der Waals surface area contributed by atoms with Gasteiger partial charge in [-0.2, -0.15) is 13.2 Å². The zero-order chi connectivity index (χ0) is 16.6. The van der Waals surface area contributed by atoms with Gasteiger partial charge in [-0.15, -0.1) is 0 Å². The molecule has 22 heavy (non-hydrogen) atoms. The molecule has 3 N–H and O–H groups in total. The summed E-state index contributed by atoms with van der Waals surface area (Å²) >= 11 is 0. The molecule has 1 atom stereocenters. The third kappa shape index (κ3) is 6.34. The summed E-state index contributed by atoms with van der Waals surface area (Å²) < 4.78 is 37.2. The number of carbonyl (C=O) groups excluding carboxylic acids is 1. The third-order valence-electron chi connectivity index (χ3n) is 3.20. The first kappa shape index (κ1) is 18.3. The molecular formula is C15H21F3N2O2. The van der Waals surface area contributed by atoms with E-state index in [9.17, 15) is 18.0 Å². The number of halogens is 3. The van der Waals surface area contributed by atoms with E-state index in [-0.39, 0.29) is 19.2 Å². The highest BCUT2D eigenvalue weighted by atomic mass is 19.4. The van der Waals surface area contributed by atoms with Crippen LogP contribution in [0.1, 0.15) is 37.3 Å². The average Bonchev–Trinajstić information content (AvgIpc) is 2.49. The van der Waals surface area contributed by atoms with Crippen molar-refractivity contribution in [3.05, 3.63) is 35.4 Å². The van der Waals surface area contributed by atoms with E-state index in [1.165, 1.54) is 12.1 Å². The summed E-state index contributed by atoms with van der Waals surface area (Å²) in [5, 5.41) is 14.3. The Labute approximate surface area is 127 Å². The molecule has 2 amide bonds. The van der Waals surface area contributed by atoms with Gasteiger partial charge in [0, 0.05) is 6.54 Å². The second-order valence-electron chi connectivity index (χ2n) is 5.04. The van der Waals surface area contributed by atoms with Crippen LogP contribution in [0.3, 0.4) is 0 Å². The van der Waals surface area contributed by atoms with Gasteiger partial charge in [-0.05, 0) is 24.1 Å². The first-order chi connectivity index (χ1) is 10.4. The first-order valence-corrected chi connectivity index (χ1v) is 7.18. The Morgan fingerprint density at radius 3 is 2.41 bits per heavy atom. The third-order valence-corrected chi connectivity index (χ3v) is 3.20. The van der Waals surface area contributed by atoms with Gasteiger partial charge in [0.2, 0.25) is 0 Å². The van der Waals surface area contributed by atoms with Crippen molar-refractivity contribution >= 4 is 6.03 Å². The van der Waals surface area contributed by atoms with Crippen LogP contribution in [-0.4, -0.2) is 23.8 Å². The number of aliphatic hydroxyl groups excluding tert-OH is 1. The minimum absolute atomic E-state index is 0.121. The highest BCUT2D eigenvalue weighted by Crippen LogP contribution is 2.28. The summed E-state index contributed by atoms with van der Waals surface area (Å²) in [4.78, 5) is 11.7. The number of benzene rings is 1. The van der Waals surface area contributed by atoms with Gasteiger partial charge in [-0.1, -0.05) is 31.9 Å². The average molecular weight is 318 g/mol. The van der Waals surface area contributed by atoms with Crippen molar-refractivity contribution in [3.63, 3.8) is 0 Å². The van der Waals surface area contributed by atoms with Gasteiger partial charge in [-0.3, -0.25) is 0 Å². The normalized spacial score (nSPS) is 12.8. The summed E-state index contributed by atoms with van der Waals surface area (Å²) in [6, 6.07) is 3.84. The quantitative estimate of drug-likeness (QED) is 0.723. The Morgan fingerprint density at radius 2 is 1.91 bits per heavy atom.